The molecule has 1 aliphatic rings. The van der Waals surface area contributed by atoms with Gasteiger partial charge >= 0.3 is 0 Å². The molecule has 2 rings (SSSR count). The summed E-state index contributed by atoms with van der Waals surface area (Å²) in [5.41, 5.74) is 7.01. The number of hydrogen-bond donors (Lipinski definition) is 1. The minimum atomic E-state index is 0.182. The first-order valence-electron chi connectivity index (χ1n) is 5.60. The quantitative estimate of drug-likeness (QED) is 0.814. The van der Waals surface area contributed by atoms with E-state index in [-0.39, 0.29) is 6.04 Å². The standard InChI is InChI=1S/C12H19N3/c1-9(13)8-15(2)12-5-3-4-11(14-12)10-6-7-10/h3-5,9-10H,6-8,13H2,1-2H3. The van der Waals surface area contributed by atoms with Crippen LogP contribution in [0.1, 0.15) is 31.4 Å². The zero-order chi connectivity index (χ0) is 10.8. The fraction of sp³-hybridized carbons (Fsp3) is 0.583. The van der Waals surface area contributed by atoms with Gasteiger partial charge in [0.15, 0.2) is 0 Å². The first kappa shape index (κ1) is 10.4. The van der Waals surface area contributed by atoms with Crippen LogP contribution < -0.4 is 10.6 Å². The number of nitrogens with two attached hydrogens (primary N) is 1. The fourth-order valence-electron chi connectivity index (χ4n) is 1.78. The highest BCUT2D eigenvalue weighted by molar-refractivity contribution is 5.39. The maximum absolute atomic E-state index is 5.77. The lowest BCUT2D eigenvalue weighted by atomic mass is 10.2. The summed E-state index contributed by atoms with van der Waals surface area (Å²) in [6.07, 6.45) is 2.60. The maximum atomic E-state index is 5.77. The van der Waals surface area contributed by atoms with Crippen LogP contribution in [0, 0.1) is 0 Å². The second kappa shape index (κ2) is 4.19. The van der Waals surface area contributed by atoms with Gasteiger partial charge in [-0.3, -0.25) is 0 Å². The monoisotopic (exact) mass is 205 g/mol. The molecular weight excluding hydrogens is 186 g/mol. The van der Waals surface area contributed by atoms with Crippen LogP contribution in [-0.4, -0.2) is 24.6 Å². The van der Waals surface area contributed by atoms with Crippen LogP contribution >= 0.6 is 0 Å². The lowest BCUT2D eigenvalue weighted by Crippen LogP contribution is -2.33. The predicted octanol–water partition coefficient (Wildman–Crippen LogP) is 1.74. The van der Waals surface area contributed by atoms with Crippen LogP contribution in [0.3, 0.4) is 0 Å². The third-order valence-electron chi connectivity index (χ3n) is 2.70. The smallest absolute Gasteiger partial charge is 0.128 e. The van der Waals surface area contributed by atoms with Crippen molar-refractivity contribution < 1.29 is 0 Å². The number of hydrogen-bond acceptors (Lipinski definition) is 3. The molecule has 82 valence electrons. The van der Waals surface area contributed by atoms with E-state index in [1.807, 2.05) is 20.0 Å². The molecule has 1 aromatic rings. The van der Waals surface area contributed by atoms with Gasteiger partial charge in [0.2, 0.25) is 0 Å². The lowest BCUT2D eigenvalue weighted by Gasteiger charge is -2.20. The van der Waals surface area contributed by atoms with Gasteiger partial charge in [-0.1, -0.05) is 6.07 Å². The van der Waals surface area contributed by atoms with E-state index < -0.39 is 0 Å². The SMILES string of the molecule is CC(N)CN(C)c1cccc(C2CC2)n1. The molecule has 1 atom stereocenters. The molecule has 0 spiro atoms. The Bertz CT molecular complexity index is 331. The predicted molar refractivity (Wildman–Crippen MR) is 63.1 cm³/mol. The first-order valence-corrected chi connectivity index (χ1v) is 5.60. The Kier molecular flexibility index (Phi) is 2.91. The van der Waals surface area contributed by atoms with Gasteiger partial charge in [0, 0.05) is 31.2 Å². The number of rotatable bonds is 4. The van der Waals surface area contributed by atoms with Crippen molar-refractivity contribution >= 4 is 5.82 Å². The van der Waals surface area contributed by atoms with Gasteiger partial charge < -0.3 is 10.6 Å². The summed E-state index contributed by atoms with van der Waals surface area (Å²) in [6.45, 7) is 2.86. The zero-order valence-corrected chi connectivity index (χ0v) is 9.48. The Labute approximate surface area is 91.3 Å². The van der Waals surface area contributed by atoms with Crippen molar-refractivity contribution in [2.45, 2.75) is 31.7 Å². The minimum Gasteiger partial charge on any atom is -0.358 e. The van der Waals surface area contributed by atoms with Gasteiger partial charge in [-0.2, -0.15) is 0 Å². The van der Waals surface area contributed by atoms with Gasteiger partial charge in [0.1, 0.15) is 5.82 Å². The van der Waals surface area contributed by atoms with Gasteiger partial charge in [0.25, 0.3) is 0 Å². The summed E-state index contributed by atoms with van der Waals surface area (Å²) < 4.78 is 0. The molecule has 1 aliphatic carbocycles. The Morgan fingerprint density at radius 2 is 2.27 bits per heavy atom. The molecule has 2 N–H and O–H groups in total. The van der Waals surface area contributed by atoms with E-state index in [0.29, 0.717) is 5.92 Å². The van der Waals surface area contributed by atoms with Crippen LogP contribution in [0.5, 0.6) is 0 Å². The molecular formula is C12H19N3. The van der Waals surface area contributed by atoms with Crippen LogP contribution in [0.2, 0.25) is 0 Å². The Morgan fingerprint density at radius 1 is 1.53 bits per heavy atom. The molecule has 1 aromatic heterocycles. The molecule has 3 heteroatoms. The van der Waals surface area contributed by atoms with Crippen molar-refractivity contribution in [1.29, 1.82) is 0 Å². The van der Waals surface area contributed by atoms with Crippen molar-refractivity contribution in [3.05, 3.63) is 23.9 Å². The average Bonchev–Trinajstić information content (AvgIpc) is 3.00. The second-order valence-electron chi connectivity index (χ2n) is 4.55. The minimum absolute atomic E-state index is 0.182. The largest absolute Gasteiger partial charge is 0.358 e. The van der Waals surface area contributed by atoms with Crippen molar-refractivity contribution in [2.75, 3.05) is 18.5 Å². The van der Waals surface area contributed by atoms with E-state index in [1.165, 1.54) is 18.5 Å². The fourth-order valence-corrected chi connectivity index (χ4v) is 1.78. The lowest BCUT2D eigenvalue weighted by molar-refractivity contribution is 0.710. The normalized spacial score (nSPS) is 17.5. The van der Waals surface area contributed by atoms with E-state index in [0.717, 1.165) is 12.4 Å². The van der Waals surface area contributed by atoms with E-state index in [1.54, 1.807) is 0 Å². The Balaban J connectivity index is 2.09. The summed E-state index contributed by atoms with van der Waals surface area (Å²) in [4.78, 5) is 6.78. The summed E-state index contributed by atoms with van der Waals surface area (Å²) in [6, 6.07) is 6.45. The van der Waals surface area contributed by atoms with Gasteiger partial charge in [-0.15, -0.1) is 0 Å². The number of likely N-dealkylation sites (N-methyl/N-ethyl adjacent to an activating group) is 1. The third-order valence-corrected chi connectivity index (χ3v) is 2.70. The van der Waals surface area contributed by atoms with Crippen LogP contribution in [0.4, 0.5) is 5.82 Å². The zero-order valence-electron chi connectivity index (χ0n) is 9.48. The molecule has 1 unspecified atom stereocenters. The molecule has 0 saturated heterocycles. The van der Waals surface area contributed by atoms with Crippen molar-refractivity contribution in [1.82, 2.24) is 4.98 Å². The van der Waals surface area contributed by atoms with E-state index in [2.05, 4.69) is 22.0 Å². The molecule has 1 saturated carbocycles. The summed E-state index contributed by atoms with van der Waals surface area (Å²) in [7, 11) is 2.04. The molecule has 1 fully saturated rings. The molecule has 0 aliphatic heterocycles. The van der Waals surface area contributed by atoms with E-state index >= 15 is 0 Å². The second-order valence-corrected chi connectivity index (χ2v) is 4.55. The molecule has 0 amide bonds. The first-order chi connectivity index (χ1) is 7.16. The van der Waals surface area contributed by atoms with Gasteiger partial charge in [0.05, 0.1) is 0 Å². The van der Waals surface area contributed by atoms with E-state index in [4.69, 9.17) is 5.73 Å². The van der Waals surface area contributed by atoms with Crippen LogP contribution in [0.25, 0.3) is 0 Å². The molecule has 0 radical (unpaired) electrons. The van der Waals surface area contributed by atoms with Gasteiger partial charge in [-0.25, -0.2) is 4.98 Å². The molecule has 0 bridgehead atoms. The number of anilines is 1. The molecule has 15 heavy (non-hydrogen) atoms. The van der Waals surface area contributed by atoms with Crippen molar-refractivity contribution in [3.8, 4) is 0 Å². The number of aromatic nitrogens is 1. The molecule has 3 nitrogen and oxygen atoms in total. The summed E-state index contributed by atoms with van der Waals surface area (Å²) >= 11 is 0. The highest BCUT2D eigenvalue weighted by Gasteiger charge is 2.25. The van der Waals surface area contributed by atoms with Crippen molar-refractivity contribution in [2.24, 2.45) is 5.73 Å². The summed E-state index contributed by atoms with van der Waals surface area (Å²) in [5, 5.41) is 0. The highest BCUT2D eigenvalue weighted by atomic mass is 15.2. The number of nitrogens with zero attached hydrogens (tertiary/aromatic N) is 2. The van der Waals surface area contributed by atoms with Gasteiger partial charge in [-0.05, 0) is 31.9 Å². The third kappa shape index (κ3) is 2.69. The number of pyridine rings is 1. The Morgan fingerprint density at radius 3 is 2.87 bits per heavy atom. The maximum Gasteiger partial charge on any atom is 0.128 e. The molecule has 0 aromatic carbocycles. The van der Waals surface area contributed by atoms with E-state index in [9.17, 15) is 0 Å². The average molecular weight is 205 g/mol. The topological polar surface area (TPSA) is 42.1 Å². The Hall–Kier alpha value is -1.09. The summed E-state index contributed by atoms with van der Waals surface area (Å²) in [5.74, 6) is 1.75. The van der Waals surface area contributed by atoms with Crippen molar-refractivity contribution in [3.63, 3.8) is 0 Å². The van der Waals surface area contributed by atoms with Crippen LogP contribution in [0.15, 0.2) is 18.2 Å². The van der Waals surface area contributed by atoms with Crippen LogP contribution in [-0.2, 0) is 0 Å². The molecule has 1 heterocycles. The highest BCUT2D eigenvalue weighted by Crippen LogP contribution is 2.39.